The highest BCUT2D eigenvalue weighted by atomic mass is 16.5. The highest BCUT2D eigenvalue weighted by Crippen LogP contribution is 2.23. The maximum Gasteiger partial charge on any atom is 0.261 e. The number of carbonyl (C=O) groups excluding carboxylic acids is 1. The van der Waals surface area contributed by atoms with Gasteiger partial charge in [0.05, 0.1) is 12.6 Å². The number of fused-ring (bicyclic) bond motifs is 1. The number of amides is 1. The van der Waals surface area contributed by atoms with Crippen molar-refractivity contribution in [3.63, 3.8) is 0 Å². The lowest BCUT2D eigenvalue weighted by atomic mass is 10.1. The van der Waals surface area contributed by atoms with Gasteiger partial charge in [0.1, 0.15) is 11.5 Å². The van der Waals surface area contributed by atoms with E-state index in [-0.39, 0.29) is 11.9 Å². The zero-order valence-corrected chi connectivity index (χ0v) is 16.6. The summed E-state index contributed by atoms with van der Waals surface area (Å²) in [6.45, 7) is 6.51. The summed E-state index contributed by atoms with van der Waals surface area (Å²) in [4.78, 5) is 12.7. The average Bonchev–Trinajstić information content (AvgIpc) is 2.72. The Bertz CT molecular complexity index is 921. The standard InChI is InChI=1S/C24H27NO3/c1-4-23(28-22-15-12-19-8-6-7-9-20(19)16-22)24(26)25-17(3)18-10-13-21(14-11-18)27-5-2/h6-17,23H,4-5H2,1-3H3,(H,25,26)/t17-,23+/m0/s1. The van der Waals surface area contributed by atoms with Crippen LogP contribution in [0.5, 0.6) is 11.5 Å². The number of rotatable bonds is 8. The molecule has 0 radical (unpaired) electrons. The third kappa shape index (κ3) is 4.83. The van der Waals surface area contributed by atoms with Gasteiger partial charge in [0.25, 0.3) is 5.91 Å². The minimum atomic E-state index is -0.536. The average molecular weight is 377 g/mol. The topological polar surface area (TPSA) is 47.6 Å². The van der Waals surface area contributed by atoms with Crippen LogP contribution in [-0.2, 0) is 4.79 Å². The lowest BCUT2D eigenvalue weighted by Crippen LogP contribution is -2.39. The van der Waals surface area contributed by atoms with E-state index in [0.29, 0.717) is 18.8 Å². The van der Waals surface area contributed by atoms with Gasteiger partial charge >= 0.3 is 0 Å². The van der Waals surface area contributed by atoms with Gasteiger partial charge in [-0.2, -0.15) is 0 Å². The van der Waals surface area contributed by atoms with Crippen LogP contribution < -0.4 is 14.8 Å². The molecule has 0 saturated heterocycles. The lowest BCUT2D eigenvalue weighted by molar-refractivity contribution is -0.128. The van der Waals surface area contributed by atoms with Gasteiger partial charge in [0.15, 0.2) is 6.10 Å². The Morgan fingerprint density at radius 1 is 0.929 bits per heavy atom. The summed E-state index contributed by atoms with van der Waals surface area (Å²) in [6.07, 6.45) is 0.0561. The SMILES string of the molecule is CCOc1ccc([C@H](C)NC(=O)[C@@H](CC)Oc2ccc3ccccc3c2)cc1. The van der Waals surface area contributed by atoms with E-state index in [4.69, 9.17) is 9.47 Å². The second-order valence-corrected chi connectivity index (χ2v) is 6.76. The molecule has 0 unspecified atom stereocenters. The number of ether oxygens (including phenoxy) is 2. The molecule has 28 heavy (non-hydrogen) atoms. The van der Waals surface area contributed by atoms with Gasteiger partial charge in [-0.25, -0.2) is 0 Å². The highest BCUT2D eigenvalue weighted by Gasteiger charge is 2.21. The van der Waals surface area contributed by atoms with Crippen molar-refractivity contribution < 1.29 is 14.3 Å². The van der Waals surface area contributed by atoms with Crippen molar-refractivity contribution in [2.75, 3.05) is 6.61 Å². The molecule has 0 aromatic heterocycles. The van der Waals surface area contributed by atoms with Gasteiger partial charge in [-0.1, -0.05) is 49.4 Å². The van der Waals surface area contributed by atoms with Crippen LogP contribution in [0.15, 0.2) is 66.7 Å². The molecule has 3 aromatic carbocycles. The summed E-state index contributed by atoms with van der Waals surface area (Å²) in [6, 6.07) is 21.7. The van der Waals surface area contributed by atoms with E-state index in [1.165, 1.54) is 0 Å². The molecule has 4 heteroatoms. The zero-order valence-electron chi connectivity index (χ0n) is 16.6. The van der Waals surface area contributed by atoms with E-state index in [0.717, 1.165) is 22.1 Å². The molecule has 4 nitrogen and oxygen atoms in total. The Labute approximate surface area is 166 Å². The third-order valence-electron chi connectivity index (χ3n) is 4.71. The Hall–Kier alpha value is -3.01. The van der Waals surface area contributed by atoms with Gasteiger partial charge < -0.3 is 14.8 Å². The van der Waals surface area contributed by atoms with E-state index in [2.05, 4.69) is 11.4 Å². The zero-order chi connectivity index (χ0) is 19.9. The summed E-state index contributed by atoms with van der Waals surface area (Å²) in [5, 5.41) is 5.30. The van der Waals surface area contributed by atoms with Crippen LogP contribution in [0.25, 0.3) is 10.8 Å². The molecule has 0 fully saturated rings. The molecule has 0 spiro atoms. The predicted octanol–water partition coefficient (Wildman–Crippen LogP) is 5.27. The van der Waals surface area contributed by atoms with Gasteiger partial charge in [-0.15, -0.1) is 0 Å². The Kier molecular flexibility index (Phi) is 6.53. The molecule has 1 amide bonds. The molecule has 3 rings (SSSR count). The molecule has 0 heterocycles. The van der Waals surface area contributed by atoms with Crippen LogP contribution in [0.2, 0.25) is 0 Å². The Morgan fingerprint density at radius 3 is 2.29 bits per heavy atom. The van der Waals surface area contributed by atoms with Gasteiger partial charge in [-0.3, -0.25) is 4.79 Å². The van der Waals surface area contributed by atoms with Crippen LogP contribution in [-0.4, -0.2) is 18.6 Å². The fourth-order valence-electron chi connectivity index (χ4n) is 3.14. The van der Waals surface area contributed by atoms with E-state index >= 15 is 0 Å². The number of nitrogens with one attached hydrogen (secondary N) is 1. The van der Waals surface area contributed by atoms with Crippen LogP contribution in [0.1, 0.15) is 38.8 Å². The van der Waals surface area contributed by atoms with E-state index < -0.39 is 6.10 Å². The van der Waals surface area contributed by atoms with Gasteiger partial charge in [0, 0.05) is 0 Å². The minimum absolute atomic E-state index is 0.113. The molecular weight excluding hydrogens is 350 g/mol. The number of benzene rings is 3. The summed E-state index contributed by atoms with van der Waals surface area (Å²) >= 11 is 0. The second kappa shape index (κ2) is 9.27. The summed E-state index contributed by atoms with van der Waals surface area (Å²) < 4.78 is 11.5. The largest absolute Gasteiger partial charge is 0.494 e. The highest BCUT2D eigenvalue weighted by molar-refractivity contribution is 5.84. The predicted molar refractivity (Wildman–Crippen MR) is 113 cm³/mol. The first-order valence-corrected chi connectivity index (χ1v) is 9.79. The molecule has 0 aliphatic rings. The molecule has 0 bridgehead atoms. The Balaban J connectivity index is 1.64. The molecule has 1 N–H and O–H groups in total. The molecule has 3 aromatic rings. The molecule has 0 saturated carbocycles. The van der Waals surface area contributed by atoms with Crippen molar-refractivity contribution >= 4 is 16.7 Å². The minimum Gasteiger partial charge on any atom is -0.494 e. The monoisotopic (exact) mass is 377 g/mol. The van der Waals surface area contributed by atoms with Crippen molar-refractivity contribution in [3.8, 4) is 11.5 Å². The quantitative estimate of drug-likeness (QED) is 0.581. The number of hydrogen-bond donors (Lipinski definition) is 1. The number of carbonyl (C=O) groups is 1. The van der Waals surface area contributed by atoms with Crippen LogP contribution >= 0.6 is 0 Å². The van der Waals surface area contributed by atoms with Crippen LogP contribution in [0.4, 0.5) is 0 Å². The first kappa shape index (κ1) is 19.7. The van der Waals surface area contributed by atoms with E-state index in [9.17, 15) is 4.79 Å². The van der Waals surface area contributed by atoms with Gasteiger partial charge in [0.2, 0.25) is 0 Å². The first-order valence-electron chi connectivity index (χ1n) is 9.79. The lowest BCUT2D eigenvalue weighted by Gasteiger charge is -2.21. The van der Waals surface area contributed by atoms with E-state index in [1.54, 1.807) is 0 Å². The third-order valence-corrected chi connectivity index (χ3v) is 4.71. The van der Waals surface area contributed by atoms with E-state index in [1.807, 2.05) is 81.4 Å². The fourth-order valence-corrected chi connectivity index (χ4v) is 3.14. The first-order chi connectivity index (χ1) is 13.6. The van der Waals surface area contributed by atoms with Crippen LogP contribution in [0, 0.1) is 0 Å². The maximum absolute atomic E-state index is 12.7. The maximum atomic E-state index is 12.7. The Morgan fingerprint density at radius 2 is 1.61 bits per heavy atom. The molecule has 2 atom stereocenters. The summed E-state index contributed by atoms with van der Waals surface area (Å²) in [5.41, 5.74) is 1.03. The summed E-state index contributed by atoms with van der Waals surface area (Å²) in [7, 11) is 0. The van der Waals surface area contributed by atoms with Crippen molar-refractivity contribution in [2.24, 2.45) is 0 Å². The van der Waals surface area contributed by atoms with Crippen molar-refractivity contribution in [1.82, 2.24) is 5.32 Å². The molecule has 146 valence electrons. The number of hydrogen-bond acceptors (Lipinski definition) is 3. The molecule has 0 aliphatic carbocycles. The summed E-state index contributed by atoms with van der Waals surface area (Å²) in [5.74, 6) is 1.42. The van der Waals surface area contributed by atoms with Crippen molar-refractivity contribution in [2.45, 2.75) is 39.3 Å². The fraction of sp³-hybridized carbons (Fsp3) is 0.292. The second-order valence-electron chi connectivity index (χ2n) is 6.76. The van der Waals surface area contributed by atoms with Gasteiger partial charge in [-0.05, 0) is 60.9 Å². The van der Waals surface area contributed by atoms with Crippen molar-refractivity contribution in [1.29, 1.82) is 0 Å². The smallest absolute Gasteiger partial charge is 0.261 e. The van der Waals surface area contributed by atoms with Crippen molar-refractivity contribution in [3.05, 3.63) is 72.3 Å². The molecule has 0 aliphatic heterocycles. The molecular formula is C24H27NO3. The van der Waals surface area contributed by atoms with Crippen LogP contribution in [0.3, 0.4) is 0 Å². The normalized spacial score (nSPS) is 13.0.